The predicted octanol–water partition coefficient (Wildman–Crippen LogP) is 3.24. The van der Waals surface area contributed by atoms with Gasteiger partial charge in [0.15, 0.2) is 11.4 Å². The minimum atomic E-state index is 0.00761. The lowest BCUT2D eigenvalue weighted by Gasteiger charge is -2.06. The lowest BCUT2D eigenvalue weighted by molar-refractivity contribution is -0.116. The van der Waals surface area contributed by atoms with Gasteiger partial charge >= 0.3 is 0 Å². The van der Waals surface area contributed by atoms with Crippen LogP contribution in [0.25, 0.3) is 0 Å². The molecule has 6 heteroatoms. The Morgan fingerprint density at radius 3 is 2.95 bits per heavy atom. The Kier molecular flexibility index (Phi) is 7.22. The first-order valence-electron chi connectivity index (χ1n) is 6.37. The van der Waals surface area contributed by atoms with Gasteiger partial charge in [-0.05, 0) is 30.9 Å². The first kappa shape index (κ1) is 16.1. The molecule has 5 nitrogen and oxygen atoms in total. The fourth-order valence-corrected chi connectivity index (χ4v) is 1.85. The van der Waals surface area contributed by atoms with Crippen molar-refractivity contribution < 1.29 is 4.79 Å². The number of amides is 1. The van der Waals surface area contributed by atoms with E-state index < -0.39 is 0 Å². The van der Waals surface area contributed by atoms with Gasteiger partial charge in [0.1, 0.15) is 0 Å². The molecule has 0 aliphatic rings. The molecule has 1 amide bonds. The van der Waals surface area contributed by atoms with Crippen molar-refractivity contribution >= 4 is 34.2 Å². The number of aliphatic imine (C=N–C) groups is 1. The van der Waals surface area contributed by atoms with Crippen molar-refractivity contribution in [3.8, 4) is 6.19 Å². The van der Waals surface area contributed by atoms with Crippen molar-refractivity contribution in [2.75, 3.05) is 11.6 Å². The van der Waals surface area contributed by atoms with Gasteiger partial charge in [0.05, 0.1) is 5.69 Å². The largest absolute Gasteiger partial charge is 0.326 e. The summed E-state index contributed by atoms with van der Waals surface area (Å²) in [5, 5.41) is 14.4. The van der Waals surface area contributed by atoms with Crippen LogP contribution in [-0.4, -0.2) is 17.3 Å². The van der Waals surface area contributed by atoms with Gasteiger partial charge in [-0.25, -0.2) is 4.99 Å². The number of benzene rings is 1. The number of amidine groups is 1. The lowest BCUT2D eigenvalue weighted by atomic mass is 10.2. The summed E-state index contributed by atoms with van der Waals surface area (Å²) in [7, 11) is 0. The molecule has 0 atom stereocenters. The van der Waals surface area contributed by atoms with Gasteiger partial charge in [0.2, 0.25) is 5.91 Å². The molecule has 0 radical (unpaired) electrons. The highest BCUT2D eigenvalue weighted by Crippen LogP contribution is 2.19. The maximum atomic E-state index is 11.7. The molecule has 106 valence electrons. The highest BCUT2D eigenvalue weighted by molar-refractivity contribution is 8.13. The minimum absolute atomic E-state index is 0.00761. The number of nitrogens with one attached hydrogen (secondary N) is 2. The standard InChI is InChI=1S/C14H18N4OS/c1-3-4-8-13(19)17-11-6-5-7-12(9-11)18-14(20-2)16-10-15/h5-7,9H,3-4,8H2,1-2H3,(H,16,18)(H,17,19). The van der Waals surface area contributed by atoms with Crippen molar-refractivity contribution in [2.24, 2.45) is 4.99 Å². The number of hydrogen-bond donors (Lipinski definition) is 2. The summed E-state index contributed by atoms with van der Waals surface area (Å²) < 4.78 is 0. The average molecular weight is 290 g/mol. The second-order valence-corrected chi connectivity index (χ2v) is 4.85. The Morgan fingerprint density at radius 2 is 2.30 bits per heavy atom. The maximum absolute atomic E-state index is 11.7. The zero-order valence-corrected chi connectivity index (χ0v) is 12.5. The second kappa shape index (κ2) is 8.99. The van der Waals surface area contributed by atoms with E-state index in [9.17, 15) is 4.79 Å². The fourth-order valence-electron chi connectivity index (χ4n) is 1.50. The van der Waals surface area contributed by atoms with E-state index >= 15 is 0 Å². The average Bonchev–Trinajstić information content (AvgIpc) is 2.45. The first-order chi connectivity index (χ1) is 9.69. The van der Waals surface area contributed by atoms with Crippen molar-refractivity contribution in [3.63, 3.8) is 0 Å². The van der Waals surface area contributed by atoms with E-state index in [-0.39, 0.29) is 5.91 Å². The number of carbonyl (C=O) groups excluding carboxylic acids is 1. The van der Waals surface area contributed by atoms with Crippen molar-refractivity contribution in [1.29, 1.82) is 5.26 Å². The minimum Gasteiger partial charge on any atom is -0.326 e. The van der Waals surface area contributed by atoms with Crippen LogP contribution in [0.15, 0.2) is 29.3 Å². The van der Waals surface area contributed by atoms with Crippen molar-refractivity contribution in [1.82, 2.24) is 5.32 Å². The summed E-state index contributed by atoms with van der Waals surface area (Å²) in [6.07, 6.45) is 6.07. The van der Waals surface area contributed by atoms with Gasteiger partial charge in [0.25, 0.3) is 0 Å². The van der Waals surface area contributed by atoms with Gasteiger partial charge in [-0.3, -0.25) is 10.1 Å². The normalized spacial score (nSPS) is 10.8. The van der Waals surface area contributed by atoms with E-state index in [1.54, 1.807) is 6.07 Å². The number of nitriles is 1. The monoisotopic (exact) mass is 290 g/mol. The molecule has 0 spiro atoms. The summed E-state index contributed by atoms with van der Waals surface area (Å²) in [4.78, 5) is 15.9. The fraction of sp³-hybridized carbons (Fsp3) is 0.357. The van der Waals surface area contributed by atoms with Crippen LogP contribution in [0, 0.1) is 11.5 Å². The molecule has 0 unspecified atom stereocenters. The Hall–Kier alpha value is -2.00. The number of unbranched alkanes of at least 4 members (excludes halogenated alkanes) is 1. The molecule has 0 fully saturated rings. The van der Waals surface area contributed by atoms with Crippen LogP contribution in [-0.2, 0) is 4.79 Å². The molecule has 1 aromatic carbocycles. The topological polar surface area (TPSA) is 77.3 Å². The summed E-state index contributed by atoms with van der Waals surface area (Å²) >= 11 is 1.35. The van der Waals surface area contributed by atoms with Crippen LogP contribution in [0.5, 0.6) is 0 Å². The molecule has 0 aliphatic carbocycles. The maximum Gasteiger partial charge on any atom is 0.224 e. The van der Waals surface area contributed by atoms with Crippen molar-refractivity contribution in [2.45, 2.75) is 26.2 Å². The molecule has 0 aromatic heterocycles. The molecule has 1 rings (SSSR count). The quantitative estimate of drug-likeness (QED) is 0.378. The van der Waals surface area contributed by atoms with Gasteiger partial charge in [-0.15, -0.1) is 0 Å². The Morgan fingerprint density at radius 1 is 1.50 bits per heavy atom. The lowest BCUT2D eigenvalue weighted by Crippen LogP contribution is -2.12. The molecule has 0 saturated carbocycles. The van der Waals surface area contributed by atoms with Crippen LogP contribution < -0.4 is 10.6 Å². The summed E-state index contributed by atoms with van der Waals surface area (Å²) in [5.74, 6) is 0.00761. The van der Waals surface area contributed by atoms with Crippen LogP contribution in [0.3, 0.4) is 0 Å². The summed E-state index contributed by atoms with van der Waals surface area (Å²) in [6, 6.07) is 7.23. The van der Waals surface area contributed by atoms with Crippen LogP contribution in [0.4, 0.5) is 11.4 Å². The molecule has 0 aliphatic heterocycles. The van der Waals surface area contributed by atoms with Gasteiger partial charge in [-0.1, -0.05) is 31.2 Å². The van der Waals surface area contributed by atoms with E-state index in [0.29, 0.717) is 23.0 Å². The highest BCUT2D eigenvalue weighted by atomic mass is 32.2. The number of nitrogens with zero attached hydrogens (tertiary/aromatic N) is 2. The Labute approximate surface area is 123 Å². The molecule has 0 heterocycles. The number of thioether (sulfide) groups is 1. The highest BCUT2D eigenvalue weighted by Gasteiger charge is 2.03. The second-order valence-electron chi connectivity index (χ2n) is 4.06. The third-order valence-corrected chi connectivity index (χ3v) is 3.05. The van der Waals surface area contributed by atoms with Gasteiger partial charge < -0.3 is 5.32 Å². The Bertz CT molecular complexity index is 522. The zero-order valence-electron chi connectivity index (χ0n) is 11.6. The summed E-state index contributed by atoms with van der Waals surface area (Å²) in [6.45, 7) is 2.05. The zero-order chi connectivity index (χ0) is 14.8. The third-order valence-electron chi connectivity index (χ3n) is 2.47. The first-order valence-corrected chi connectivity index (χ1v) is 7.59. The van der Waals surface area contributed by atoms with Gasteiger partial charge in [0, 0.05) is 12.1 Å². The van der Waals surface area contributed by atoms with Crippen LogP contribution in [0.2, 0.25) is 0 Å². The number of anilines is 1. The Balaban J connectivity index is 2.75. The van der Waals surface area contributed by atoms with E-state index in [4.69, 9.17) is 5.26 Å². The molecular formula is C14H18N4OS. The van der Waals surface area contributed by atoms with E-state index in [1.165, 1.54) is 11.8 Å². The molecule has 0 bridgehead atoms. The van der Waals surface area contributed by atoms with Crippen LogP contribution >= 0.6 is 11.8 Å². The molecule has 0 saturated heterocycles. The molecule has 1 aromatic rings. The van der Waals surface area contributed by atoms with E-state index in [1.807, 2.05) is 30.6 Å². The van der Waals surface area contributed by atoms with Gasteiger partial charge in [-0.2, -0.15) is 5.26 Å². The van der Waals surface area contributed by atoms with E-state index in [2.05, 4.69) is 22.5 Å². The van der Waals surface area contributed by atoms with E-state index in [0.717, 1.165) is 12.8 Å². The SMILES string of the molecule is CCCCC(=O)Nc1cccc(N=C(NC#N)SC)c1. The molecule has 20 heavy (non-hydrogen) atoms. The number of rotatable bonds is 5. The number of carbonyl (C=O) groups is 1. The number of hydrogen-bond acceptors (Lipinski definition) is 4. The molecule has 2 N–H and O–H groups in total. The smallest absolute Gasteiger partial charge is 0.224 e. The summed E-state index contributed by atoms with van der Waals surface area (Å²) in [5.41, 5.74) is 1.40. The van der Waals surface area contributed by atoms with Crippen LogP contribution in [0.1, 0.15) is 26.2 Å². The third kappa shape index (κ3) is 5.76. The van der Waals surface area contributed by atoms with Crippen molar-refractivity contribution in [3.05, 3.63) is 24.3 Å². The molecular weight excluding hydrogens is 272 g/mol. The predicted molar refractivity (Wildman–Crippen MR) is 84.0 cm³/mol.